The van der Waals surface area contributed by atoms with Gasteiger partial charge in [-0.2, -0.15) is 5.10 Å². The van der Waals surface area contributed by atoms with Gasteiger partial charge in [-0.25, -0.2) is 12.8 Å². The molecule has 1 aromatic carbocycles. The van der Waals surface area contributed by atoms with Crippen LogP contribution >= 0.6 is 0 Å². The van der Waals surface area contributed by atoms with Crippen LogP contribution in [0.2, 0.25) is 0 Å². The minimum Gasteiger partial charge on any atom is -0.279 e. The first-order chi connectivity index (χ1) is 11.8. The van der Waals surface area contributed by atoms with Gasteiger partial charge in [0, 0.05) is 25.0 Å². The average molecular weight is 360 g/mol. The Morgan fingerprint density at radius 2 is 1.88 bits per heavy atom. The van der Waals surface area contributed by atoms with E-state index in [-0.39, 0.29) is 4.90 Å². The number of hydrogen-bond acceptors (Lipinski definition) is 4. The number of sulfonamides is 1. The number of anilines is 1. The normalized spacial score (nSPS) is 11.5. The smallest absolute Gasteiger partial charge is 0.265 e. The zero-order valence-corrected chi connectivity index (χ0v) is 14.8. The largest absolute Gasteiger partial charge is 0.279 e. The van der Waals surface area contributed by atoms with Gasteiger partial charge in [0.05, 0.1) is 17.6 Å². The van der Waals surface area contributed by atoms with Crippen molar-refractivity contribution in [1.29, 1.82) is 0 Å². The number of nitrogens with zero attached hydrogens (tertiary/aromatic N) is 3. The van der Waals surface area contributed by atoms with Crippen molar-refractivity contribution in [2.75, 3.05) is 4.72 Å². The minimum atomic E-state index is -3.78. The van der Waals surface area contributed by atoms with Gasteiger partial charge in [0.15, 0.2) is 0 Å². The van der Waals surface area contributed by atoms with Crippen molar-refractivity contribution in [3.8, 4) is 11.1 Å². The zero-order valence-electron chi connectivity index (χ0n) is 14.0. The maximum atomic E-state index is 13.4. The lowest BCUT2D eigenvalue weighted by Gasteiger charge is -2.12. The topological polar surface area (TPSA) is 76.9 Å². The SMILES string of the molecule is Cc1ccc(-c2cncc(F)c2)cc1NS(=O)(=O)c1cn(C)nc1C. The summed E-state index contributed by atoms with van der Waals surface area (Å²) in [4.78, 5) is 3.94. The summed E-state index contributed by atoms with van der Waals surface area (Å²) in [5.74, 6) is -0.453. The standard InChI is InChI=1S/C17H17FN4O2S/c1-11-4-5-13(14-6-15(18)9-19-8-14)7-16(11)21-25(23,24)17-10-22(3)20-12(17)2/h4-10,21H,1-3H3. The van der Waals surface area contributed by atoms with Crippen molar-refractivity contribution in [3.63, 3.8) is 0 Å². The molecule has 0 saturated heterocycles. The van der Waals surface area contributed by atoms with Gasteiger partial charge in [-0.05, 0) is 37.1 Å². The molecule has 2 heterocycles. The molecule has 0 fully saturated rings. The lowest BCUT2D eigenvalue weighted by molar-refractivity contribution is 0.600. The van der Waals surface area contributed by atoms with E-state index in [4.69, 9.17) is 0 Å². The lowest BCUT2D eigenvalue weighted by atomic mass is 10.0. The summed E-state index contributed by atoms with van der Waals surface area (Å²) in [5.41, 5.74) is 2.82. The van der Waals surface area contributed by atoms with Gasteiger partial charge in [0.2, 0.25) is 0 Å². The summed E-state index contributed by atoms with van der Waals surface area (Å²) in [6.45, 7) is 3.43. The van der Waals surface area contributed by atoms with E-state index in [0.29, 0.717) is 22.5 Å². The van der Waals surface area contributed by atoms with E-state index in [0.717, 1.165) is 11.8 Å². The van der Waals surface area contributed by atoms with Crippen LogP contribution in [-0.2, 0) is 17.1 Å². The number of halogens is 1. The first kappa shape index (κ1) is 17.1. The van der Waals surface area contributed by atoms with Crippen LogP contribution in [-0.4, -0.2) is 23.2 Å². The van der Waals surface area contributed by atoms with Crippen LogP contribution in [0.15, 0.2) is 47.8 Å². The molecule has 0 saturated carbocycles. The number of nitrogens with one attached hydrogen (secondary N) is 1. The maximum absolute atomic E-state index is 13.4. The molecular weight excluding hydrogens is 343 g/mol. The fraction of sp³-hybridized carbons (Fsp3) is 0.176. The summed E-state index contributed by atoms with van der Waals surface area (Å²) in [6, 6.07) is 6.57. The zero-order chi connectivity index (χ0) is 18.2. The summed E-state index contributed by atoms with van der Waals surface area (Å²) in [5, 5.41) is 4.06. The van der Waals surface area contributed by atoms with Crippen molar-refractivity contribution in [3.05, 3.63) is 59.9 Å². The molecule has 6 nitrogen and oxygen atoms in total. The highest BCUT2D eigenvalue weighted by molar-refractivity contribution is 7.92. The van der Waals surface area contributed by atoms with E-state index >= 15 is 0 Å². The van der Waals surface area contributed by atoms with E-state index in [1.54, 1.807) is 39.1 Å². The van der Waals surface area contributed by atoms with Crippen LogP contribution in [0, 0.1) is 19.7 Å². The molecule has 25 heavy (non-hydrogen) atoms. The van der Waals surface area contributed by atoms with E-state index in [1.807, 2.05) is 0 Å². The average Bonchev–Trinajstić information content (AvgIpc) is 2.89. The molecule has 0 spiro atoms. The van der Waals surface area contributed by atoms with Crippen LogP contribution in [0.5, 0.6) is 0 Å². The van der Waals surface area contributed by atoms with Crippen LogP contribution < -0.4 is 4.72 Å². The molecule has 0 radical (unpaired) electrons. The second-order valence-electron chi connectivity index (χ2n) is 5.78. The third-order valence-corrected chi connectivity index (χ3v) is 5.25. The third kappa shape index (κ3) is 3.53. The van der Waals surface area contributed by atoms with Crippen LogP contribution in [0.1, 0.15) is 11.3 Å². The second-order valence-corrected chi connectivity index (χ2v) is 7.43. The van der Waals surface area contributed by atoms with E-state index < -0.39 is 15.8 Å². The summed E-state index contributed by atoms with van der Waals surface area (Å²) in [7, 11) is -2.11. The van der Waals surface area contributed by atoms with Gasteiger partial charge in [0.25, 0.3) is 10.0 Å². The summed E-state index contributed by atoms with van der Waals surface area (Å²) in [6.07, 6.45) is 4.09. The molecule has 0 atom stereocenters. The number of aromatic nitrogens is 3. The molecule has 130 valence electrons. The molecular formula is C17H17FN4O2S. The predicted molar refractivity (Wildman–Crippen MR) is 93.1 cm³/mol. The van der Waals surface area contributed by atoms with Gasteiger partial charge in [-0.3, -0.25) is 14.4 Å². The van der Waals surface area contributed by atoms with E-state index in [1.165, 1.54) is 23.1 Å². The highest BCUT2D eigenvalue weighted by Gasteiger charge is 2.21. The monoisotopic (exact) mass is 360 g/mol. The Morgan fingerprint density at radius 3 is 2.52 bits per heavy atom. The number of hydrogen-bond donors (Lipinski definition) is 1. The lowest BCUT2D eigenvalue weighted by Crippen LogP contribution is -2.14. The van der Waals surface area contributed by atoms with E-state index in [2.05, 4.69) is 14.8 Å². The Kier molecular flexibility index (Phi) is 4.30. The fourth-order valence-electron chi connectivity index (χ4n) is 2.52. The Balaban J connectivity index is 2.00. The Labute approximate surface area is 145 Å². The predicted octanol–water partition coefficient (Wildman–Crippen LogP) is 3.04. The van der Waals surface area contributed by atoms with E-state index in [9.17, 15) is 12.8 Å². The highest BCUT2D eigenvalue weighted by atomic mass is 32.2. The van der Waals surface area contributed by atoms with Crippen molar-refractivity contribution in [2.24, 2.45) is 7.05 Å². The van der Waals surface area contributed by atoms with Gasteiger partial charge in [-0.1, -0.05) is 12.1 Å². The quantitative estimate of drug-likeness (QED) is 0.776. The first-order valence-corrected chi connectivity index (χ1v) is 8.99. The summed E-state index contributed by atoms with van der Waals surface area (Å²) < 4.78 is 42.7. The Hall–Kier alpha value is -2.74. The number of benzene rings is 1. The second kappa shape index (κ2) is 6.29. The molecule has 2 aromatic heterocycles. The van der Waals surface area contributed by atoms with Gasteiger partial charge >= 0.3 is 0 Å². The first-order valence-electron chi connectivity index (χ1n) is 7.51. The number of aryl methyl sites for hydroxylation is 3. The van der Waals surface area contributed by atoms with Gasteiger partial charge in [-0.15, -0.1) is 0 Å². The van der Waals surface area contributed by atoms with Gasteiger partial charge < -0.3 is 0 Å². The minimum absolute atomic E-state index is 0.118. The van der Waals surface area contributed by atoms with Crippen molar-refractivity contribution in [2.45, 2.75) is 18.7 Å². The van der Waals surface area contributed by atoms with Crippen LogP contribution in [0.25, 0.3) is 11.1 Å². The van der Waals surface area contributed by atoms with Gasteiger partial charge in [0.1, 0.15) is 10.7 Å². The van der Waals surface area contributed by atoms with Crippen molar-refractivity contribution in [1.82, 2.24) is 14.8 Å². The molecule has 0 bridgehead atoms. The number of pyridine rings is 1. The highest BCUT2D eigenvalue weighted by Crippen LogP contribution is 2.27. The molecule has 0 amide bonds. The summed E-state index contributed by atoms with van der Waals surface area (Å²) >= 11 is 0. The Morgan fingerprint density at radius 1 is 1.12 bits per heavy atom. The molecule has 3 aromatic rings. The third-order valence-electron chi connectivity index (χ3n) is 3.78. The molecule has 3 rings (SSSR count). The Bertz CT molecular complexity index is 1040. The molecule has 0 aliphatic carbocycles. The fourth-order valence-corrected chi connectivity index (χ4v) is 3.86. The van der Waals surface area contributed by atoms with Crippen molar-refractivity contribution >= 4 is 15.7 Å². The number of rotatable bonds is 4. The molecule has 0 aliphatic rings. The van der Waals surface area contributed by atoms with Crippen LogP contribution in [0.4, 0.5) is 10.1 Å². The molecule has 0 aliphatic heterocycles. The molecule has 0 unspecified atom stereocenters. The molecule has 8 heteroatoms. The molecule has 1 N–H and O–H groups in total. The van der Waals surface area contributed by atoms with Crippen LogP contribution in [0.3, 0.4) is 0 Å². The maximum Gasteiger partial charge on any atom is 0.265 e. The van der Waals surface area contributed by atoms with Crippen molar-refractivity contribution < 1.29 is 12.8 Å².